The molecule has 39 heavy (non-hydrogen) atoms. The summed E-state index contributed by atoms with van der Waals surface area (Å²) in [4.78, 5) is 30.2. The van der Waals surface area contributed by atoms with Crippen LogP contribution >= 0.6 is 11.6 Å². The van der Waals surface area contributed by atoms with Gasteiger partial charge in [0.1, 0.15) is 46.7 Å². The molecular weight excluding hydrogens is 538 g/mol. The summed E-state index contributed by atoms with van der Waals surface area (Å²) >= 11 is 7.72. The van der Waals surface area contributed by atoms with Gasteiger partial charge in [-0.1, -0.05) is 18.5 Å². The number of hydrogen-bond donors (Lipinski definition) is 1. The number of rotatable bonds is 11. The Balaban J connectivity index is 1.51. The molecule has 13 heteroatoms. The average Bonchev–Trinajstić information content (AvgIpc) is 3.55. The Labute approximate surface area is 235 Å². The van der Waals surface area contributed by atoms with Crippen LogP contribution in [0, 0.1) is 11.3 Å². The zero-order valence-electron chi connectivity index (χ0n) is 22.2. The lowest BCUT2D eigenvalue weighted by Crippen LogP contribution is -2.41. The van der Waals surface area contributed by atoms with E-state index in [0.717, 1.165) is 37.7 Å². The largest absolute Gasteiger partial charge is 0.379 e. The number of nitrogens with zero attached hydrogens (tertiary/aromatic N) is 8. The maximum absolute atomic E-state index is 13.7. The first-order chi connectivity index (χ1) is 19.0. The molecule has 0 radical (unpaired) electrons. The van der Waals surface area contributed by atoms with Gasteiger partial charge in [-0.15, -0.1) is 0 Å². The summed E-state index contributed by atoms with van der Waals surface area (Å²) in [5.41, 5.74) is 1.38. The zero-order valence-corrected chi connectivity index (χ0v) is 23.8. The van der Waals surface area contributed by atoms with E-state index in [1.807, 2.05) is 0 Å². The van der Waals surface area contributed by atoms with Gasteiger partial charge in [-0.25, -0.2) is 14.5 Å². The molecule has 1 fully saturated rings. The van der Waals surface area contributed by atoms with E-state index in [-0.39, 0.29) is 11.5 Å². The van der Waals surface area contributed by atoms with Crippen LogP contribution in [0.4, 0.5) is 5.82 Å². The van der Waals surface area contributed by atoms with E-state index in [1.165, 1.54) is 18.1 Å². The topological polar surface area (TPSA) is 120 Å². The van der Waals surface area contributed by atoms with Crippen molar-refractivity contribution < 1.29 is 4.74 Å². The number of H-pyrrole nitrogens is 1. The Morgan fingerprint density at radius 3 is 2.90 bits per heavy atom. The van der Waals surface area contributed by atoms with Crippen LogP contribution in [0.3, 0.4) is 0 Å². The fourth-order valence-electron chi connectivity index (χ4n) is 5.05. The zero-order chi connectivity index (χ0) is 27.4. The van der Waals surface area contributed by atoms with E-state index in [2.05, 4.69) is 44.7 Å². The number of nitrogens with one attached hydrogen (secondary N) is 1. The molecule has 4 aromatic rings. The maximum atomic E-state index is 13.7. The van der Waals surface area contributed by atoms with E-state index < -0.39 is 0 Å². The van der Waals surface area contributed by atoms with Crippen molar-refractivity contribution in [2.75, 3.05) is 62.3 Å². The normalized spacial score (nSPS) is 15.1. The molecule has 1 saturated heterocycles. The van der Waals surface area contributed by atoms with Crippen molar-refractivity contribution in [3.63, 3.8) is 0 Å². The van der Waals surface area contributed by atoms with Gasteiger partial charge in [-0.05, 0) is 24.8 Å². The van der Waals surface area contributed by atoms with E-state index >= 15 is 0 Å². The fraction of sp³-hybridized carbons (Fsp3) is 0.500. The molecule has 0 bridgehead atoms. The Morgan fingerprint density at radius 1 is 1.31 bits per heavy atom. The lowest BCUT2D eigenvalue weighted by Gasteiger charge is -2.29. The highest BCUT2D eigenvalue weighted by Crippen LogP contribution is 2.28. The van der Waals surface area contributed by atoms with Gasteiger partial charge in [-0.3, -0.25) is 14.3 Å². The van der Waals surface area contributed by atoms with Gasteiger partial charge in [-0.2, -0.15) is 10.4 Å². The van der Waals surface area contributed by atoms with E-state index in [1.54, 1.807) is 27.5 Å². The van der Waals surface area contributed by atoms with Gasteiger partial charge in [0.25, 0.3) is 5.56 Å². The summed E-state index contributed by atoms with van der Waals surface area (Å²) in [7, 11) is 0. The van der Waals surface area contributed by atoms with Gasteiger partial charge in [0.2, 0.25) is 0 Å². The van der Waals surface area contributed by atoms with Crippen molar-refractivity contribution in [2.24, 2.45) is 0 Å². The maximum Gasteiger partial charge on any atom is 0.279 e. The third kappa shape index (κ3) is 5.77. The van der Waals surface area contributed by atoms with Gasteiger partial charge < -0.3 is 14.6 Å². The van der Waals surface area contributed by atoms with Crippen molar-refractivity contribution in [3.8, 4) is 6.07 Å². The van der Waals surface area contributed by atoms with Crippen LogP contribution in [0.5, 0.6) is 0 Å². The SMILES string of the molecule is CC[SH+]CCN(CC(C)c1nn2ccc(Cl)c2c(=O)n1CCN1CCOCC1)c1ncnc2[nH]cc(C#N)c12. The van der Waals surface area contributed by atoms with Crippen molar-refractivity contribution in [3.05, 3.63) is 51.6 Å². The van der Waals surface area contributed by atoms with Crippen LogP contribution in [0.1, 0.15) is 31.2 Å². The number of aromatic amines is 1. The quantitative estimate of drug-likeness (QED) is 0.165. The van der Waals surface area contributed by atoms with Crippen molar-refractivity contribution in [1.29, 1.82) is 5.26 Å². The fourth-order valence-corrected chi connectivity index (χ4v) is 5.97. The highest BCUT2D eigenvalue weighted by atomic mass is 35.5. The number of anilines is 1. The molecule has 1 unspecified atom stereocenters. The Kier molecular flexibility index (Phi) is 8.72. The Morgan fingerprint density at radius 2 is 2.13 bits per heavy atom. The molecule has 0 aromatic carbocycles. The van der Waals surface area contributed by atoms with Crippen molar-refractivity contribution in [2.45, 2.75) is 26.3 Å². The number of aromatic nitrogens is 6. The van der Waals surface area contributed by atoms with Gasteiger partial charge in [0.15, 0.2) is 0 Å². The number of fused-ring (bicyclic) bond motifs is 2. The summed E-state index contributed by atoms with van der Waals surface area (Å²) in [6.07, 6.45) is 4.92. The van der Waals surface area contributed by atoms with Crippen LogP contribution in [0.2, 0.25) is 5.02 Å². The minimum Gasteiger partial charge on any atom is -0.379 e. The van der Waals surface area contributed by atoms with Crippen LogP contribution in [-0.2, 0) is 23.0 Å². The molecule has 1 atom stereocenters. The average molecular weight is 571 g/mol. The number of thiol groups is 1. The molecule has 5 heterocycles. The minimum atomic E-state index is -0.145. The number of nitriles is 1. The summed E-state index contributed by atoms with van der Waals surface area (Å²) in [6, 6.07) is 3.96. The molecule has 5 rings (SSSR count). The second kappa shape index (κ2) is 12.4. The number of ether oxygens (including phenoxy) is 1. The molecule has 1 aliphatic rings. The smallest absolute Gasteiger partial charge is 0.279 e. The highest BCUT2D eigenvalue weighted by Gasteiger charge is 2.25. The van der Waals surface area contributed by atoms with E-state index in [0.29, 0.717) is 65.1 Å². The van der Waals surface area contributed by atoms with Crippen molar-refractivity contribution >= 4 is 45.7 Å². The molecule has 0 spiro atoms. The van der Waals surface area contributed by atoms with Gasteiger partial charge in [0.05, 0.1) is 35.7 Å². The molecule has 4 aromatic heterocycles. The minimum absolute atomic E-state index is 0.124. The molecule has 0 saturated carbocycles. The summed E-state index contributed by atoms with van der Waals surface area (Å²) in [6.45, 7) is 9.85. The Bertz CT molecular complexity index is 1540. The van der Waals surface area contributed by atoms with Crippen molar-refractivity contribution in [1.82, 2.24) is 34.0 Å². The first-order valence-corrected chi connectivity index (χ1v) is 14.8. The first kappa shape index (κ1) is 27.5. The number of halogens is 1. The van der Waals surface area contributed by atoms with Crippen LogP contribution in [0.25, 0.3) is 16.6 Å². The lowest BCUT2D eigenvalue weighted by atomic mass is 10.1. The molecule has 206 valence electrons. The summed E-state index contributed by atoms with van der Waals surface area (Å²) < 4.78 is 8.85. The number of hydrogen-bond acceptors (Lipinski definition) is 8. The summed E-state index contributed by atoms with van der Waals surface area (Å²) in [5.74, 6) is 3.28. The van der Waals surface area contributed by atoms with E-state index in [9.17, 15) is 10.1 Å². The second-order valence-electron chi connectivity index (χ2n) is 9.57. The predicted octanol–water partition coefficient (Wildman–Crippen LogP) is 2.07. The molecule has 1 N–H and O–H groups in total. The monoisotopic (exact) mass is 570 g/mol. The summed E-state index contributed by atoms with van der Waals surface area (Å²) in [5, 5.41) is 15.7. The molecule has 11 nitrogen and oxygen atoms in total. The third-order valence-electron chi connectivity index (χ3n) is 7.05. The van der Waals surface area contributed by atoms with Crippen LogP contribution in [-0.4, -0.2) is 91.5 Å². The van der Waals surface area contributed by atoms with E-state index in [4.69, 9.17) is 21.4 Å². The second-order valence-corrected chi connectivity index (χ2v) is 11.5. The Hall–Kier alpha value is -3.11. The molecule has 0 amide bonds. The van der Waals surface area contributed by atoms with Crippen LogP contribution in [0.15, 0.2) is 29.6 Å². The lowest BCUT2D eigenvalue weighted by molar-refractivity contribution is 0.0361. The number of morpholine rings is 1. The standard InChI is InChI=1S/C26H32ClN9O2S/c1-3-39-13-10-34(25-21-19(14-28)15-29-23(21)30-17-31-25)16-18(2)24-32-36-5-4-20(27)22(36)26(37)35(24)7-6-33-8-11-38-12-9-33/h4-5,15,17-18H,3,6-13,16H2,1-2H3,(H,29,30,31)/p+1. The molecular formula is C26H33ClN9O2S+. The molecule has 1 aliphatic heterocycles. The highest BCUT2D eigenvalue weighted by molar-refractivity contribution is 7.78. The van der Waals surface area contributed by atoms with Gasteiger partial charge >= 0.3 is 0 Å². The first-order valence-electron chi connectivity index (χ1n) is 13.2. The predicted molar refractivity (Wildman–Crippen MR) is 155 cm³/mol. The van der Waals surface area contributed by atoms with Crippen LogP contribution < -0.4 is 10.5 Å². The molecule has 0 aliphatic carbocycles. The third-order valence-corrected chi connectivity index (χ3v) is 8.32. The van der Waals surface area contributed by atoms with Gasteiger partial charge in [0, 0.05) is 51.0 Å².